The molecule has 164 valence electrons. The summed E-state index contributed by atoms with van der Waals surface area (Å²) >= 11 is 0. The van der Waals surface area contributed by atoms with Crippen molar-refractivity contribution in [2.75, 3.05) is 36.0 Å². The zero-order valence-corrected chi connectivity index (χ0v) is 15.8. The highest BCUT2D eigenvalue weighted by Gasteiger charge is 2.60. The molecule has 2 aromatic heterocycles. The molecule has 0 aromatic carbocycles. The van der Waals surface area contributed by atoms with Gasteiger partial charge in [0.1, 0.15) is 29.5 Å². The molecular formula is C18H15F5N6O2. The molecule has 1 saturated heterocycles. The van der Waals surface area contributed by atoms with E-state index in [1.54, 1.807) is 17.0 Å². The third-order valence-corrected chi connectivity index (χ3v) is 4.78. The minimum absolute atomic E-state index is 0.0727. The Morgan fingerprint density at radius 1 is 1.10 bits per heavy atom. The first-order chi connectivity index (χ1) is 14.6. The van der Waals surface area contributed by atoms with Gasteiger partial charge in [-0.2, -0.15) is 27.2 Å². The molecule has 8 nitrogen and oxygen atoms in total. The lowest BCUT2D eigenvalue weighted by molar-refractivity contribution is -0.384. The second-order valence-corrected chi connectivity index (χ2v) is 6.70. The van der Waals surface area contributed by atoms with Crippen molar-refractivity contribution in [3.63, 3.8) is 0 Å². The predicted octanol–water partition coefficient (Wildman–Crippen LogP) is 3.63. The highest BCUT2D eigenvalue weighted by molar-refractivity contribution is 5.64. The van der Waals surface area contributed by atoms with Crippen LogP contribution in [0.1, 0.15) is 17.7 Å². The molecule has 13 heteroatoms. The largest absolute Gasteiger partial charge is 0.459 e. The van der Waals surface area contributed by atoms with E-state index in [0.29, 0.717) is 36.6 Å². The molecule has 0 unspecified atom stereocenters. The van der Waals surface area contributed by atoms with Crippen LogP contribution in [0.15, 0.2) is 30.6 Å². The fraction of sp³-hybridized carbons (Fsp3) is 0.389. The predicted molar refractivity (Wildman–Crippen MR) is 98.8 cm³/mol. The number of anilines is 2. The number of halogens is 5. The number of pyridine rings is 2. The van der Waals surface area contributed by atoms with Crippen LogP contribution in [0.3, 0.4) is 0 Å². The Morgan fingerprint density at radius 3 is 2.42 bits per heavy atom. The summed E-state index contributed by atoms with van der Waals surface area (Å²) in [4.78, 5) is 20.8. The van der Waals surface area contributed by atoms with Crippen molar-refractivity contribution < 1.29 is 26.9 Å². The summed E-state index contributed by atoms with van der Waals surface area (Å²) in [5, 5.41) is 20.6. The number of nitrogens with zero attached hydrogens (tertiary/aromatic N) is 6. The molecule has 2 aromatic rings. The molecule has 0 saturated carbocycles. The molecule has 0 aliphatic carbocycles. The Kier molecular flexibility index (Phi) is 5.92. The summed E-state index contributed by atoms with van der Waals surface area (Å²) in [5.74, 6) is -4.86. The first-order valence-corrected chi connectivity index (χ1v) is 9.00. The average Bonchev–Trinajstić information content (AvgIpc) is 2.98. The number of aromatic nitrogens is 2. The van der Waals surface area contributed by atoms with Gasteiger partial charge in [-0.1, -0.05) is 0 Å². The lowest BCUT2D eigenvalue weighted by atomic mass is 10.1. The Balaban J connectivity index is 1.94. The van der Waals surface area contributed by atoms with E-state index in [9.17, 15) is 37.3 Å². The van der Waals surface area contributed by atoms with Crippen LogP contribution in [-0.2, 0) is 5.92 Å². The van der Waals surface area contributed by atoms with Crippen molar-refractivity contribution >= 4 is 17.2 Å². The zero-order chi connectivity index (χ0) is 22.8. The molecule has 0 radical (unpaired) electrons. The van der Waals surface area contributed by atoms with Gasteiger partial charge in [-0.05, 0) is 24.6 Å². The zero-order valence-electron chi connectivity index (χ0n) is 15.8. The topological polar surface area (TPSA) is 99.2 Å². The fourth-order valence-corrected chi connectivity index (χ4v) is 3.25. The molecule has 3 heterocycles. The molecule has 1 fully saturated rings. The van der Waals surface area contributed by atoms with Gasteiger partial charge in [0.2, 0.25) is 0 Å². The molecule has 3 rings (SSSR count). The van der Waals surface area contributed by atoms with Crippen molar-refractivity contribution in [2.45, 2.75) is 18.5 Å². The number of nitro groups is 1. The number of nitriles is 1. The van der Waals surface area contributed by atoms with Crippen LogP contribution >= 0.6 is 0 Å². The van der Waals surface area contributed by atoms with Crippen molar-refractivity contribution in [1.82, 2.24) is 9.97 Å². The van der Waals surface area contributed by atoms with Gasteiger partial charge in [0.15, 0.2) is 0 Å². The van der Waals surface area contributed by atoms with Gasteiger partial charge in [-0.25, -0.2) is 9.97 Å². The summed E-state index contributed by atoms with van der Waals surface area (Å²) in [6, 6.07) is 5.60. The van der Waals surface area contributed by atoms with Crippen LogP contribution in [0, 0.1) is 21.4 Å². The van der Waals surface area contributed by atoms with E-state index in [0.717, 1.165) is 0 Å². The van der Waals surface area contributed by atoms with Crippen LogP contribution in [0.2, 0.25) is 0 Å². The lowest BCUT2D eigenvalue weighted by Crippen LogP contribution is -2.35. The summed E-state index contributed by atoms with van der Waals surface area (Å²) in [7, 11) is 0. The highest BCUT2D eigenvalue weighted by atomic mass is 19.4. The average molecular weight is 442 g/mol. The second-order valence-electron chi connectivity index (χ2n) is 6.70. The Morgan fingerprint density at radius 2 is 1.77 bits per heavy atom. The quantitative estimate of drug-likeness (QED) is 0.405. The highest BCUT2D eigenvalue weighted by Crippen LogP contribution is 2.44. The van der Waals surface area contributed by atoms with Crippen molar-refractivity contribution in [2.24, 2.45) is 0 Å². The maximum absolute atomic E-state index is 13.8. The number of hydrogen-bond donors (Lipinski definition) is 0. The minimum Gasteiger partial charge on any atom is -0.364 e. The van der Waals surface area contributed by atoms with E-state index >= 15 is 0 Å². The third-order valence-electron chi connectivity index (χ3n) is 4.78. The van der Waals surface area contributed by atoms with Crippen LogP contribution < -0.4 is 9.80 Å². The number of alkyl halides is 5. The molecule has 31 heavy (non-hydrogen) atoms. The van der Waals surface area contributed by atoms with Crippen molar-refractivity contribution in [3.8, 4) is 6.07 Å². The molecule has 0 spiro atoms. The maximum Gasteiger partial charge on any atom is 0.459 e. The van der Waals surface area contributed by atoms with Gasteiger partial charge in [-0.15, -0.1) is 0 Å². The van der Waals surface area contributed by atoms with E-state index in [1.807, 2.05) is 6.07 Å². The third kappa shape index (κ3) is 4.32. The molecule has 0 amide bonds. The maximum atomic E-state index is 13.8. The lowest BCUT2D eigenvalue weighted by Gasteiger charge is -2.25. The molecule has 0 bridgehead atoms. The second kappa shape index (κ2) is 8.29. The molecule has 1 aliphatic heterocycles. The van der Waals surface area contributed by atoms with E-state index in [4.69, 9.17) is 0 Å². The summed E-state index contributed by atoms with van der Waals surface area (Å²) in [6.07, 6.45) is -3.58. The van der Waals surface area contributed by atoms with Crippen LogP contribution in [0.5, 0.6) is 0 Å². The molecular weight excluding hydrogens is 427 g/mol. The Hall–Kier alpha value is -3.56. The van der Waals surface area contributed by atoms with E-state index in [-0.39, 0.29) is 25.3 Å². The van der Waals surface area contributed by atoms with Gasteiger partial charge >= 0.3 is 17.8 Å². The first kappa shape index (κ1) is 22.1. The summed E-state index contributed by atoms with van der Waals surface area (Å²) in [5.41, 5.74) is -2.34. The monoisotopic (exact) mass is 442 g/mol. The van der Waals surface area contributed by atoms with Gasteiger partial charge in [-0.3, -0.25) is 10.1 Å². The van der Waals surface area contributed by atoms with E-state index in [2.05, 4.69) is 9.97 Å². The van der Waals surface area contributed by atoms with Crippen LogP contribution in [0.4, 0.5) is 39.1 Å². The number of hydrogen-bond acceptors (Lipinski definition) is 7. The molecule has 0 N–H and O–H groups in total. The molecule has 1 aliphatic rings. The van der Waals surface area contributed by atoms with E-state index in [1.165, 1.54) is 11.1 Å². The SMILES string of the molecule is N#Cc1cccnc1N1CCCN(c2cc(C(F)(F)C(F)(F)F)ncc2[N+](=O)[O-])CC1. The normalized spacial score (nSPS) is 15.4. The summed E-state index contributed by atoms with van der Waals surface area (Å²) < 4.78 is 65.8. The Labute approximate surface area is 172 Å². The van der Waals surface area contributed by atoms with Crippen molar-refractivity contribution in [3.05, 3.63) is 52.0 Å². The van der Waals surface area contributed by atoms with Gasteiger partial charge in [0.05, 0.1) is 10.5 Å². The van der Waals surface area contributed by atoms with Gasteiger partial charge in [0, 0.05) is 32.4 Å². The van der Waals surface area contributed by atoms with Gasteiger partial charge in [0.25, 0.3) is 0 Å². The van der Waals surface area contributed by atoms with E-state index < -0.39 is 28.4 Å². The number of rotatable bonds is 4. The summed E-state index contributed by atoms with van der Waals surface area (Å²) in [6.45, 7) is 0.860. The standard InChI is InChI=1S/C18H15F5N6O2/c19-17(20,18(21,22)23)15-9-13(14(11-26-15)29(30)31)27-5-2-6-28(8-7-27)16-12(10-24)3-1-4-25-16/h1,3-4,9,11H,2,5-8H2. The Bertz CT molecular complexity index is 1020. The first-order valence-electron chi connectivity index (χ1n) is 9.00. The van der Waals surface area contributed by atoms with Gasteiger partial charge < -0.3 is 9.80 Å². The van der Waals surface area contributed by atoms with Crippen LogP contribution in [0.25, 0.3) is 0 Å². The fourth-order valence-electron chi connectivity index (χ4n) is 3.25. The van der Waals surface area contributed by atoms with Crippen molar-refractivity contribution in [1.29, 1.82) is 5.26 Å². The molecule has 0 atom stereocenters. The van der Waals surface area contributed by atoms with Crippen LogP contribution in [-0.4, -0.2) is 47.2 Å². The smallest absolute Gasteiger partial charge is 0.364 e. The minimum atomic E-state index is -5.89.